The number of rotatable bonds is 5. The van der Waals surface area contributed by atoms with Crippen molar-refractivity contribution >= 4 is 39.3 Å². The number of aromatic nitrogens is 2. The highest BCUT2D eigenvalue weighted by atomic mass is 79.9. The fourth-order valence-corrected chi connectivity index (χ4v) is 5.47. The fraction of sp³-hybridized carbons (Fsp3) is 0.435. The molecule has 0 fully saturated rings. The maximum atomic E-state index is 13.2. The summed E-state index contributed by atoms with van der Waals surface area (Å²) in [6, 6.07) is 7.85. The Morgan fingerprint density at radius 2 is 1.93 bits per heavy atom. The molecule has 0 saturated carbocycles. The van der Waals surface area contributed by atoms with E-state index in [9.17, 15) is 9.59 Å². The van der Waals surface area contributed by atoms with Gasteiger partial charge in [0.1, 0.15) is 5.82 Å². The summed E-state index contributed by atoms with van der Waals surface area (Å²) in [6.45, 7) is 6.36. The number of ketones is 1. The van der Waals surface area contributed by atoms with Crippen LogP contribution in [0.3, 0.4) is 0 Å². The summed E-state index contributed by atoms with van der Waals surface area (Å²) in [5, 5.41) is 4.00. The first-order chi connectivity index (χ1) is 14.3. The predicted octanol–water partition coefficient (Wildman–Crippen LogP) is 5.63. The van der Waals surface area contributed by atoms with Crippen LogP contribution >= 0.6 is 27.7 Å². The molecule has 1 aromatic heterocycles. The fourth-order valence-electron chi connectivity index (χ4n) is 4.26. The van der Waals surface area contributed by atoms with Crippen molar-refractivity contribution in [2.75, 3.05) is 11.1 Å². The molecule has 0 bridgehead atoms. The van der Waals surface area contributed by atoms with Crippen LogP contribution in [0.15, 0.2) is 50.0 Å². The Morgan fingerprint density at radius 3 is 2.63 bits per heavy atom. The van der Waals surface area contributed by atoms with Crippen molar-refractivity contribution in [1.82, 2.24) is 9.97 Å². The lowest BCUT2D eigenvalue weighted by molar-refractivity contribution is -0.118. The van der Waals surface area contributed by atoms with E-state index in [-0.39, 0.29) is 16.8 Å². The van der Waals surface area contributed by atoms with Gasteiger partial charge in [0, 0.05) is 33.8 Å². The van der Waals surface area contributed by atoms with Crippen molar-refractivity contribution < 1.29 is 4.79 Å². The molecular formula is C23H26BrN3O2S. The van der Waals surface area contributed by atoms with Gasteiger partial charge in [-0.1, -0.05) is 67.0 Å². The van der Waals surface area contributed by atoms with Crippen LogP contribution < -0.4 is 10.9 Å². The number of aromatic amines is 1. The third-order valence-corrected chi connectivity index (χ3v) is 7.13. The monoisotopic (exact) mass is 487 g/mol. The molecule has 0 amide bonds. The lowest BCUT2D eigenvalue weighted by Gasteiger charge is -2.38. The highest BCUT2D eigenvalue weighted by Gasteiger charge is 2.42. The summed E-state index contributed by atoms with van der Waals surface area (Å²) in [7, 11) is 0. The minimum atomic E-state index is -0.404. The number of carbonyl (C=O) groups is 1. The van der Waals surface area contributed by atoms with Crippen LogP contribution in [-0.2, 0) is 4.79 Å². The molecule has 1 aliphatic heterocycles. The topological polar surface area (TPSA) is 74.8 Å². The van der Waals surface area contributed by atoms with Crippen LogP contribution in [0.2, 0.25) is 0 Å². The van der Waals surface area contributed by atoms with E-state index in [1.807, 2.05) is 24.3 Å². The van der Waals surface area contributed by atoms with E-state index >= 15 is 0 Å². The van der Waals surface area contributed by atoms with E-state index in [2.05, 4.69) is 47.0 Å². The number of hydrogen-bond acceptors (Lipinski definition) is 5. The second-order valence-corrected chi connectivity index (χ2v) is 10.8. The molecule has 5 nitrogen and oxygen atoms in total. The second kappa shape index (κ2) is 8.35. The van der Waals surface area contributed by atoms with Crippen LogP contribution in [0.4, 0.5) is 5.82 Å². The summed E-state index contributed by atoms with van der Waals surface area (Å²) in [4.78, 5) is 34.1. The Hall–Kier alpha value is -1.86. The summed E-state index contributed by atoms with van der Waals surface area (Å²) in [5.74, 6) is 1.19. The molecule has 1 aromatic carbocycles. The number of benzene rings is 1. The van der Waals surface area contributed by atoms with Crippen molar-refractivity contribution in [2.24, 2.45) is 5.41 Å². The number of nitrogens with zero attached hydrogens (tertiary/aromatic N) is 1. The van der Waals surface area contributed by atoms with Gasteiger partial charge in [0.25, 0.3) is 5.56 Å². The van der Waals surface area contributed by atoms with Crippen molar-refractivity contribution in [2.45, 2.75) is 57.5 Å². The molecular weight excluding hydrogens is 462 g/mol. The average molecular weight is 488 g/mol. The molecule has 1 unspecified atom stereocenters. The molecule has 0 saturated heterocycles. The number of halogens is 1. The van der Waals surface area contributed by atoms with Gasteiger partial charge in [-0.25, -0.2) is 4.98 Å². The van der Waals surface area contributed by atoms with E-state index in [4.69, 9.17) is 4.98 Å². The van der Waals surface area contributed by atoms with Crippen molar-refractivity contribution in [3.8, 4) is 0 Å². The van der Waals surface area contributed by atoms with Gasteiger partial charge in [0.15, 0.2) is 10.9 Å². The largest absolute Gasteiger partial charge is 0.343 e. The second-order valence-electron chi connectivity index (χ2n) is 8.78. The average Bonchev–Trinajstić information content (AvgIpc) is 2.66. The normalized spacial score (nSPS) is 19.9. The minimum absolute atomic E-state index is 0.105. The zero-order chi connectivity index (χ0) is 21.5. The molecule has 1 aliphatic carbocycles. The van der Waals surface area contributed by atoms with Gasteiger partial charge in [-0.3, -0.25) is 9.59 Å². The van der Waals surface area contributed by atoms with Gasteiger partial charge in [0.2, 0.25) is 0 Å². The number of unbranched alkanes of at least 4 members (excludes halogenated alkanes) is 1. The Bertz CT molecular complexity index is 1070. The van der Waals surface area contributed by atoms with E-state index < -0.39 is 5.92 Å². The molecule has 4 rings (SSSR count). The molecule has 7 heteroatoms. The third kappa shape index (κ3) is 4.14. The van der Waals surface area contributed by atoms with Crippen LogP contribution in [0.25, 0.3) is 0 Å². The highest BCUT2D eigenvalue weighted by molar-refractivity contribution is 9.10. The van der Waals surface area contributed by atoms with E-state index in [0.717, 1.165) is 40.7 Å². The number of Topliss-reactive ketones (excluding diaryl/α,β-unsaturated/α-hetero) is 1. The van der Waals surface area contributed by atoms with Crippen LogP contribution in [0.5, 0.6) is 0 Å². The zero-order valence-electron chi connectivity index (χ0n) is 17.5. The molecule has 2 N–H and O–H groups in total. The first kappa shape index (κ1) is 21.4. The molecule has 0 radical (unpaired) electrons. The Kier molecular flexibility index (Phi) is 5.95. The summed E-state index contributed by atoms with van der Waals surface area (Å²) in [6.07, 6.45) is 3.40. The molecule has 30 heavy (non-hydrogen) atoms. The number of nitrogens with one attached hydrogen (secondary N) is 2. The van der Waals surface area contributed by atoms with Crippen molar-refractivity contribution in [1.29, 1.82) is 0 Å². The van der Waals surface area contributed by atoms with Crippen LogP contribution in [-0.4, -0.2) is 21.5 Å². The Morgan fingerprint density at radius 1 is 1.20 bits per heavy atom. The van der Waals surface area contributed by atoms with Gasteiger partial charge in [-0.15, -0.1) is 0 Å². The smallest absolute Gasteiger partial charge is 0.257 e. The van der Waals surface area contributed by atoms with Crippen LogP contribution in [0.1, 0.15) is 63.5 Å². The third-order valence-electron chi connectivity index (χ3n) is 5.64. The first-order valence-electron chi connectivity index (χ1n) is 10.3. The highest BCUT2D eigenvalue weighted by Crippen LogP contribution is 2.47. The Balaban J connectivity index is 1.86. The zero-order valence-corrected chi connectivity index (χ0v) is 19.9. The maximum Gasteiger partial charge on any atom is 0.257 e. The molecule has 0 spiro atoms. The molecule has 158 valence electrons. The quantitative estimate of drug-likeness (QED) is 0.324. The lowest BCUT2D eigenvalue weighted by atomic mass is 9.69. The van der Waals surface area contributed by atoms with Gasteiger partial charge in [-0.2, -0.15) is 0 Å². The van der Waals surface area contributed by atoms with Gasteiger partial charge >= 0.3 is 0 Å². The summed E-state index contributed by atoms with van der Waals surface area (Å²) in [5.41, 5.74) is 2.78. The Labute approximate surface area is 189 Å². The number of anilines is 1. The molecule has 2 aliphatic rings. The van der Waals surface area contributed by atoms with Gasteiger partial charge in [-0.05, 0) is 36.0 Å². The van der Waals surface area contributed by atoms with Gasteiger partial charge < -0.3 is 10.3 Å². The number of carbonyl (C=O) groups excluding carboxylic acids is 1. The SMILES string of the molecule is CCCCSc1nc2c(c(=O)[nH]1)C(c1ccc(Br)cc1)C1=C(CC(C)(C)CC1=O)N2. The molecule has 2 aromatic rings. The van der Waals surface area contributed by atoms with E-state index in [1.54, 1.807) is 11.8 Å². The number of fused-ring (bicyclic) bond motifs is 1. The number of thioether (sulfide) groups is 1. The summed E-state index contributed by atoms with van der Waals surface area (Å²) >= 11 is 5.04. The number of hydrogen-bond donors (Lipinski definition) is 2. The predicted molar refractivity (Wildman–Crippen MR) is 125 cm³/mol. The lowest BCUT2D eigenvalue weighted by Crippen LogP contribution is -2.37. The summed E-state index contributed by atoms with van der Waals surface area (Å²) < 4.78 is 0.959. The van der Waals surface area contributed by atoms with Crippen LogP contribution in [0, 0.1) is 5.41 Å². The number of allylic oxidation sites excluding steroid dienone is 2. The minimum Gasteiger partial charge on any atom is -0.343 e. The molecule has 2 heterocycles. The van der Waals surface area contributed by atoms with Crippen molar-refractivity contribution in [3.63, 3.8) is 0 Å². The number of H-pyrrole nitrogens is 1. The van der Waals surface area contributed by atoms with E-state index in [1.165, 1.54) is 0 Å². The van der Waals surface area contributed by atoms with E-state index in [0.29, 0.717) is 28.5 Å². The molecule has 1 atom stereocenters. The van der Waals surface area contributed by atoms with Crippen molar-refractivity contribution in [3.05, 3.63) is 61.5 Å². The standard InChI is InChI=1S/C23H26BrN3O2S/c1-4-5-10-30-22-26-20-19(21(29)27-22)17(13-6-8-14(24)9-7-13)18-15(25-20)11-23(2,3)12-16(18)28/h6-9,17H,4-5,10-12H2,1-3H3,(H2,25,26,27,29). The maximum absolute atomic E-state index is 13.2. The van der Waals surface area contributed by atoms with Gasteiger partial charge in [0.05, 0.1) is 5.56 Å². The first-order valence-corrected chi connectivity index (χ1v) is 12.1.